The molecule has 1 fully saturated rings. The number of rotatable bonds is 7. The maximum Gasteiger partial charge on any atom is 0.258 e. The third-order valence-electron chi connectivity index (χ3n) is 7.53. The number of aromatic nitrogens is 4. The molecule has 1 atom stereocenters. The molecule has 2 aliphatic rings. The van der Waals surface area contributed by atoms with E-state index >= 15 is 0 Å². The van der Waals surface area contributed by atoms with E-state index in [9.17, 15) is 0 Å². The van der Waals surface area contributed by atoms with Crippen LogP contribution in [0.2, 0.25) is 0 Å². The molecule has 1 unspecified atom stereocenters. The molecule has 7 rings (SSSR count). The summed E-state index contributed by atoms with van der Waals surface area (Å²) in [5.41, 5.74) is 5.25. The summed E-state index contributed by atoms with van der Waals surface area (Å²) in [4.78, 5) is 11.8. The van der Waals surface area contributed by atoms with E-state index in [2.05, 4.69) is 73.9 Å². The number of aryl methyl sites for hydroxylation is 1. The van der Waals surface area contributed by atoms with Crippen LogP contribution in [0.15, 0.2) is 79.0 Å². The molecule has 1 N–H and O–H groups in total. The number of benzene rings is 3. The second kappa shape index (κ2) is 11.3. The standard InChI is InChI=1S/C32H30N6O2S/c1-21-36-37-32(41-21)23-9-11-27(12-10-23)40-29-17-24(28-18-34-30-31(35-28)39-16-14-33-30)7-8-26(29)20-38-15-13-25(19-38)22-5-3-2-4-6-22/h2-12,17-18,25H,13-16,19-20H2,1H3,(H,33,34). The van der Waals surface area contributed by atoms with Crippen molar-refractivity contribution in [2.75, 3.05) is 31.6 Å². The van der Waals surface area contributed by atoms with Gasteiger partial charge in [-0.3, -0.25) is 4.90 Å². The van der Waals surface area contributed by atoms with Crippen molar-refractivity contribution >= 4 is 17.2 Å². The van der Waals surface area contributed by atoms with Crippen LogP contribution >= 0.6 is 11.3 Å². The molecule has 3 aromatic carbocycles. The molecule has 41 heavy (non-hydrogen) atoms. The summed E-state index contributed by atoms with van der Waals surface area (Å²) in [7, 11) is 0. The van der Waals surface area contributed by atoms with Gasteiger partial charge in [0.1, 0.15) is 28.1 Å². The summed E-state index contributed by atoms with van der Waals surface area (Å²) in [6, 6.07) is 25.2. The van der Waals surface area contributed by atoms with Crippen molar-refractivity contribution in [2.24, 2.45) is 0 Å². The van der Waals surface area contributed by atoms with Crippen molar-refractivity contribution in [1.29, 1.82) is 0 Å². The quantitative estimate of drug-likeness (QED) is 0.239. The Morgan fingerprint density at radius 2 is 1.88 bits per heavy atom. The van der Waals surface area contributed by atoms with E-state index in [1.54, 1.807) is 17.5 Å². The summed E-state index contributed by atoms with van der Waals surface area (Å²) in [6.07, 6.45) is 2.94. The highest BCUT2D eigenvalue weighted by atomic mass is 32.1. The second-order valence-electron chi connectivity index (χ2n) is 10.4. The van der Waals surface area contributed by atoms with Gasteiger partial charge in [-0.05, 0) is 61.7 Å². The molecule has 4 heterocycles. The fraction of sp³-hybridized carbons (Fsp3) is 0.250. The minimum Gasteiger partial charge on any atom is -0.473 e. The van der Waals surface area contributed by atoms with Crippen molar-refractivity contribution in [3.8, 4) is 39.2 Å². The molecule has 0 aliphatic carbocycles. The van der Waals surface area contributed by atoms with Crippen LogP contribution in [-0.2, 0) is 6.54 Å². The highest BCUT2D eigenvalue weighted by Crippen LogP contribution is 2.36. The lowest BCUT2D eigenvalue weighted by Gasteiger charge is -2.20. The fourth-order valence-electron chi connectivity index (χ4n) is 5.41. The summed E-state index contributed by atoms with van der Waals surface area (Å²) >= 11 is 1.58. The van der Waals surface area contributed by atoms with Crippen molar-refractivity contribution in [3.63, 3.8) is 0 Å². The summed E-state index contributed by atoms with van der Waals surface area (Å²) in [5, 5.41) is 13.5. The number of anilines is 1. The molecule has 206 valence electrons. The third kappa shape index (κ3) is 5.64. The Morgan fingerprint density at radius 3 is 2.71 bits per heavy atom. The lowest BCUT2D eigenvalue weighted by atomic mass is 9.99. The van der Waals surface area contributed by atoms with E-state index in [-0.39, 0.29) is 0 Å². The molecule has 2 aromatic heterocycles. The van der Waals surface area contributed by atoms with Gasteiger partial charge >= 0.3 is 0 Å². The molecular weight excluding hydrogens is 532 g/mol. The fourth-order valence-corrected chi connectivity index (χ4v) is 6.11. The maximum atomic E-state index is 6.55. The Kier molecular flexibility index (Phi) is 7.04. The molecule has 0 radical (unpaired) electrons. The molecule has 8 nitrogen and oxygen atoms in total. The predicted octanol–water partition coefficient (Wildman–Crippen LogP) is 6.56. The van der Waals surface area contributed by atoms with Crippen LogP contribution in [0.25, 0.3) is 21.8 Å². The van der Waals surface area contributed by atoms with Gasteiger partial charge in [-0.15, -0.1) is 10.2 Å². The Bertz CT molecular complexity index is 1660. The first-order chi connectivity index (χ1) is 20.2. The summed E-state index contributed by atoms with van der Waals surface area (Å²) < 4.78 is 12.3. The summed E-state index contributed by atoms with van der Waals surface area (Å²) in [6.45, 7) is 6.16. The van der Waals surface area contributed by atoms with Gasteiger partial charge in [0.15, 0.2) is 5.82 Å². The number of nitrogens with one attached hydrogen (secondary N) is 1. The van der Waals surface area contributed by atoms with E-state index in [1.165, 1.54) is 5.56 Å². The van der Waals surface area contributed by atoms with Crippen molar-refractivity contribution in [3.05, 3.63) is 95.1 Å². The molecule has 0 amide bonds. The molecule has 9 heteroatoms. The van der Waals surface area contributed by atoms with Crippen LogP contribution in [0.3, 0.4) is 0 Å². The number of fused-ring (bicyclic) bond motifs is 1. The lowest BCUT2D eigenvalue weighted by Crippen LogP contribution is -2.20. The van der Waals surface area contributed by atoms with E-state index in [0.717, 1.165) is 76.5 Å². The van der Waals surface area contributed by atoms with Gasteiger partial charge < -0.3 is 14.8 Å². The Hall–Kier alpha value is -4.34. The average Bonchev–Trinajstić information content (AvgIpc) is 3.68. The second-order valence-corrected chi connectivity index (χ2v) is 11.6. The average molecular weight is 563 g/mol. The molecule has 1 saturated heterocycles. The Morgan fingerprint density at radius 1 is 1.02 bits per heavy atom. The van der Waals surface area contributed by atoms with E-state index in [4.69, 9.17) is 14.5 Å². The minimum atomic E-state index is 0.534. The van der Waals surface area contributed by atoms with Gasteiger partial charge in [-0.2, -0.15) is 0 Å². The maximum absolute atomic E-state index is 6.55. The SMILES string of the molecule is Cc1nnc(-c2ccc(Oc3cc(-c4cnc5c(n4)OCCN5)ccc3CN3CCC(c4ccccc4)C3)cc2)s1. The van der Waals surface area contributed by atoms with E-state index in [0.29, 0.717) is 24.2 Å². The zero-order valence-electron chi connectivity index (χ0n) is 22.8. The number of nitrogens with zero attached hydrogens (tertiary/aromatic N) is 5. The first kappa shape index (κ1) is 25.6. The van der Waals surface area contributed by atoms with Crippen molar-refractivity contribution in [2.45, 2.75) is 25.8 Å². The van der Waals surface area contributed by atoms with Crippen LogP contribution < -0.4 is 14.8 Å². The number of ether oxygens (including phenoxy) is 2. The zero-order chi connectivity index (χ0) is 27.6. The van der Waals surface area contributed by atoms with Gasteiger partial charge in [-0.25, -0.2) is 9.97 Å². The van der Waals surface area contributed by atoms with Gasteiger partial charge in [-0.1, -0.05) is 53.8 Å². The number of likely N-dealkylation sites (tertiary alicyclic amines) is 1. The highest BCUT2D eigenvalue weighted by Gasteiger charge is 2.25. The smallest absolute Gasteiger partial charge is 0.258 e. The zero-order valence-corrected chi connectivity index (χ0v) is 23.6. The van der Waals surface area contributed by atoms with Crippen LogP contribution in [0.1, 0.15) is 28.5 Å². The van der Waals surface area contributed by atoms with Gasteiger partial charge in [0, 0.05) is 29.8 Å². The van der Waals surface area contributed by atoms with Crippen LogP contribution in [-0.4, -0.2) is 51.3 Å². The van der Waals surface area contributed by atoms with Crippen molar-refractivity contribution < 1.29 is 9.47 Å². The van der Waals surface area contributed by atoms with Crippen molar-refractivity contribution in [1.82, 2.24) is 25.1 Å². The van der Waals surface area contributed by atoms with Gasteiger partial charge in [0.05, 0.1) is 18.4 Å². The summed E-state index contributed by atoms with van der Waals surface area (Å²) in [5.74, 6) is 3.34. The third-order valence-corrected chi connectivity index (χ3v) is 8.42. The van der Waals surface area contributed by atoms with E-state index in [1.807, 2.05) is 31.2 Å². The highest BCUT2D eigenvalue weighted by molar-refractivity contribution is 7.14. The van der Waals surface area contributed by atoms with Crippen LogP contribution in [0.5, 0.6) is 17.4 Å². The molecule has 0 bridgehead atoms. The van der Waals surface area contributed by atoms with Crippen LogP contribution in [0.4, 0.5) is 5.82 Å². The van der Waals surface area contributed by atoms with Gasteiger partial charge in [0.25, 0.3) is 5.88 Å². The predicted molar refractivity (Wildman–Crippen MR) is 161 cm³/mol. The number of hydrogen-bond acceptors (Lipinski definition) is 9. The molecule has 5 aromatic rings. The first-order valence-electron chi connectivity index (χ1n) is 13.9. The van der Waals surface area contributed by atoms with Gasteiger partial charge in [0.2, 0.25) is 0 Å². The topological polar surface area (TPSA) is 85.3 Å². The minimum absolute atomic E-state index is 0.534. The van der Waals surface area contributed by atoms with Crippen LogP contribution in [0, 0.1) is 6.92 Å². The molecule has 2 aliphatic heterocycles. The Balaban J connectivity index is 1.17. The molecule has 0 saturated carbocycles. The Labute approximate surface area is 243 Å². The molecule has 0 spiro atoms. The number of hydrogen-bond donors (Lipinski definition) is 1. The lowest BCUT2D eigenvalue weighted by molar-refractivity contribution is 0.308. The van der Waals surface area contributed by atoms with E-state index < -0.39 is 0 Å². The molecular formula is C32H30N6O2S. The monoisotopic (exact) mass is 562 g/mol. The largest absolute Gasteiger partial charge is 0.473 e. The first-order valence-corrected chi connectivity index (χ1v) is 14.7. The normalized spacial score (nSPS) is 16.6.